The van der Waals surface area contributed by atoms with E-state index >= 15 is 0 Å². The lowest BCUT2D eigenvalue weighted by atomic mass is 10.1. The lowest BCUT2D eigenvalue weighted by Gasteiger charge is -2.14. The molecule has 0 aliphatic heterocycles. The average Bonchev–Trinajstić information content (AvgIpc) is 2.80. The van der Waals surface area contributed by atoms with Crippen LogP contribution in [0.4, 0.5) is 15.8 Å². The Balaban J connectivity index is 1.65. The first-order valence-electron chi connectivity index (χ1n) is 9.37. The molecule has 6 nitrogen and oxygen atoms in total. The molecule has 4 rings (SSSR count). The van der Waals surface area contributed by atoms with Crippen molar-refractivity contribution in [3.05, 3.63) is 78.2 Å². The van der Waals surface area contributed by atoms with Crippen LogP contribution in [0.15, 0.2) is 66.9 Å². The van der Waals surface area contributed by atoms with Gasteiger partial charge in [-0.3, -0.25) is 4.98 Å². The molecule has 0 fully saturated rings. The van der Waals surface area contributed by atoms with Crippen molar-refractivity contribution in [1.82, 2.24) is 4.98 Å². The molecule has 0 spiro atoms. The summed E-state index contributed by atoms with van der Waals surface area (Å²) in [6.07, 6.45) is 1.41. The number of aromatic nitrogens is 1. The first-order valence-corrected chi connectivity index (χ1v) is 9.37. The highest BCUT2D eigenvalue weighted by molar-refractivity contribution is 5.96. The van der Waals surface area contributed by atoms with E-state index in [1.54, 1.807) is 19.2 Å². The first kappa shape index (κ1) is 20.0. The van der Waals surface area contributed by atoms with Crippen LogP contribution in [0.25, 0.3) is 10.9 Å². The van der Waals surface area contributed by atoms with E-state index in [1.807, 2.05) is 36.4 Å². The predicted molar refractivity (Wildman–Crippen MR) is 116 cm³/mol. The molecule has 7 heteroatoms. The highest BCUT2D eigenvalue weighted by Gasteiger charge is 2.14. The summed E-state index contributed by atoms with van der Waals surface area (Å²) in [7, 11) is 2.97. The number of hydrogen-bond acceptors (Lipinski definition) is 6. The number of benzene rings is 3. The summed E-state index contributed by atoms with van der Waals surface area (Å²) in [5, 5.41) is 13.3. The molecule has 3 aromatic carbocycles. The number of hydrogen-bond donors (Lipinski definition) is 1. The third-order valence-corrected chi connectivity index (χ3v) is 4.68. The molecule has 0 aliphatic carbocycles. The minimum atomic E-state index is -0.518. The number of rotatable bonds is 6. The second kappa shape index (κ2) is 8.59. The predicted octanol–water partition coefficient (Wildman–Crippen LogP) is 5.80. The van der Waals surface area contributed by atoms with Gasteiger partial charge in [0.15, 0.2) is 23.1 Å². The van der Waals surface area contributed by atoms with Crippen LogP contribution in [-0.4, -0.2) is 19.2 Å². The Morgan fingerprint density at radius 1 is 0.935 bits per heavy atom. The number of nitrogens with zero attached hydrogens (tertiary/aromatic N) is 2. The number of pyridine rings is 1. The van der Waals surface area contributed by atoms with Gasteiger partial charge in [-0.2, -0.15) is 5.26 Å². The van der Waals surface area contributed by atoms with Crippen LogP contribution in [0, 0.1) is 17.1 Å². The quantitative estimate of drug-likeness (QED) is 0.429. The Kier molecular flexibility index (Phi) is 5.54. The highest BCUT2D eigenvalue weighted by Crippen LogP contribution is 2.34. The van der Waals surface area contributed by atoms with Crippen LogP contribution >= 0.6 is 0 Å². The number of anilines is 2. The fourth-order valence-corrected chi connectivity index (χ4v) is 3.15. The maximum atomic E-state index is 14.1. The van der Waals surface area contributed by atoms with E-state index in [-0.39, 0.29) is 5.75 Å². The van der Waals surface area contributed by atoms with E-state index in [1.165, 1.54) is 25.4 Å². The summed E-state index contributed by atoms with van der Waals surface area (Å²) in [5.74, 6) is 1.42. The van der Waals surface area contributed by atoms with Gasteiger partial charge in [-0.25, -0.2) is 4.39 Å². The van der Waals surface area contributed by atoms with Gasteiger partial charge >= 0.3 is 0 Å². The third kappa shape index (κ3) is 4.05. The van der Waals surface area contributed by atoms with Crippen LogP contribution < -0.4 is 19.5 Å². The van der Waals surface area contributed by atoms with Crippen LogP contribution in [0.3, 0.4) is 0 Å². The third-order valence-electron chi connectivity index (χ3n) is 4.68. The zero-order valence-corrected chi connectivity index (χ0v) is 16.8. The number of nitriles is 1. The SMILES string of the molecule is COc1cc2c(Nc3ccc(Oc4ccccc4OC)cc3)c(C#N)cnc2cc1F. The second-order valence-corrected chi connectivity index (χ2v) is 6.56. The zero-order chi connectivity index (χ0) is 21.8. The maximum absolute atomic E-state index is 14.1. The molecule has 0 saturated carbocycles. The molecule has 0 atom stereocenters. The van der Waals surface area contributed by atoms with E-state index in [0.717, 1.165) is 5.69 Å². The van der Waals surface area contributed by atoms with Gasteiger partial charge in [0, 0.05) is 23.3 Å². The Labute approximate surface area is 178 Å². The molecule has 0 unspecified atom stereocenters. The summed E-state index contributed by atoms with van der Waals surface area (Å²) in [5.41, 5.74) is 1.98. The number of ether oxygens (including phenoxy) is 3. The molecule has 31 heavy (non-hydrogen) atoms. The van der Waals surface area contributed by atoms with Crippen molar-refractivity contribution in [3.8, 4) is 29.1 Å². The van der Waals surface area contributed by atoms with Gasteiger partial charge in [0.2, 0.25) is 0 Å². The highest BCUT2D eigenvalue weighted by atomic mass is 19.1. The number of para-hydroxylation sites is 2. The lowest BCUT2D eigenvalue weighted by Crippen LogP contribution is -1.98. The number of fused-ring (bicyclic) bond motifs is 1. The molecule has 1 aromatic heterocycles. The largest absolute Gasteiger partial charge is 0.494 e. The molecule has 4 aromatic rings. The van der Waals surface area contributed by atoms with E-state index in [0.29, 0.717) is 39.4 Å². The van der Waals surface area contributed by atoms with Crippen molar-refractivity contribution in [2.45, 2.75) is 0 Å². The van der Waals surface area contributed by atoms with Crippen molar-refractivity contribution in [1.29, 1.82) is 5.26 Å². The van der Waals surface area contributed by atoms with Crippen molar-refractivity contribution in [2.75, 3.05) is 19.5 Å². The zero-order valence-electron chi connectivity index (χ0n) is 16.8. The monoisotopic (exact) mass is 415 g/mol. The minimum absolute atomic E-state index is 0.0768. The van der Waals surface area contributed by atoms with Crippen LogP contribution in [-0.2, 0) is 0 Å². The number of nitrogens with one attached hydrogen (secondary N) is 1. The van der Waals surface area contributed by atoms with E-state index in [2.05, 4.69) is 16.4 Å². The second-order valence-electron chi connectivity index (χ2n) is 6.56. The van der Waals surface area contributed by atoms with Gasteiger partial charge in [-0.15, -0.1) is 0 Å². The fourth-order valence-electron chi connectivity index (χ4n) is 3.15. The Morgan fingerprint density at radius 3 is 2.32 bits per heavy atom. The lowest BCUT2D eigenvalue weighted by molar-refractivity contribution is 0.379. The van der Waals surface area contributed by atoms with E-state index in [9.17, 15) is 9.65 Å². The van der Waals surface area contributed by atoms with Gasteiger partial charge in [0.05, 0.1) is 31.0 Å². The molecule has 0 bridgehead atoms. The molecule has 0 saturated heterocycles. The maximum Gasteiger partial charge on any atom is 0.169 e. The van der Waals surface area contributed by atoms with Crippen molar-refractivity contribution >= 4 is 22.3 Å². The fraction of sp³-hybridized carbons (Fsp3) is 0.0833. The molecule has 1 N–H and O–H groups in total. The molecular formula is C24H18FN3O3. The van der Waals surface area contributed by atoms with Crippen molar-refractivity contribution in [3.63, 3.8) is 0 Å². The minimum Gasteiger partial charge on any atom is -0.494 e. The average molecular weight is 415 g/mol. The molecule has 154 valence electrons. The van der Waals surface area contributed by atoms with Crippen molar-refractivity contribution < 1.29 is 18.6 Å². The summed E-state index contributed by atoms with van der Waals surface area (Å²) >= 11 is 0. The summed E-state index contributed by atoms with van der Waals surface area (Å²) in [6.45, 7) is 0. The molecule has 1 heterocycles. The van der Waals surface area contributed by atoms with Gasteiger partial charge in [-0.05, 0) is 42.5 Å². The summed E-state index contributed by atoms with van der Waals surface area (Å²) < 4.78 is 30.3. The van der Waals surface area contributed by atoms with Crippen molar-refractivity contribution in [2.24, 2.45) is 0 Å². The summed E-state index contributed by atoms with van der Waals surface area (Å²) in [4.78, 5) is 4.18. The Bertz CT molecular complexity index is 1280. The van der Waals surface area contributed by atoms with Gasteiger partial charge in [-0.1, -0.05) is 12.1 Å². The Morgan fingerprint density at radius 2 is 1.65 bits per heavy atom. The van der Waals surface area contributed by atoms with Crippen LogP contribution in [0.1, 0.15) is 5.56 Å². The molecular weight excluding hydrogens is 397 g/mol. The van der Waals surface area contributed by atoms with E-state index in [4.69, 9.17) is 14.2 Å². The van der Waals surface area contributed by atoms with Gasteiger partial charge in [0.1, 0.15) is 11.8 Å². The van der Waals surface area contributed by atoms with Crippen LogP contribution in [0.2, 0.25) is 0 Å². The van der Waals surface area contributed by atoms with Gasteiger partial charge < -0.3 is 19.5 Å². The first-order chi connectivity index (χ1) is 15.1. The smallest absolute Gasteiger partial charge is 0.169 e. The standard InChI is InChI=1S/C24H18FN3O3/c1-29-21-5-3-4-6-22(21)31-17-9-7-16(8-10-17)28-24-15(13-26)14-27-20-12-19(25)23(30-2)11-18(20)24/h3-12,14H,1-2H3,(H,27,28). The number of methoxy groups -OCH3 is 2. The number of halogens is 1. The summed E-state index contributed by atoms with van der Waals surface area (Å²) in [6, 6.07) is 19.5. The van der Waals surface area contributed by atoms with Gasteiger partial charge in [0.25, 0.3) is 0 Å². The normalized spacial score (nSPS) is 10.4. The van der Waals surface area contributed by atoms with E-state index < -0.39 is 5.82 Å². The van der Waals surface area contributed by atoms with Crippen LogP contribution in [0.5, 0.6) is 23.0 Å². The molecule has 0 radical (unpaired) electrons. The topological polar surface area (TPSA) is 76.4 Å². The molecule has 0 amide bonds. The Hall–Kier alpha value is -4.31. The molecule has 0 aliphatic rings.